The Hall–Kier alpha value is -0.880. The van der Waals surface area contributed by atoms with Crippen LogP contribution in [0.5, 0.6) is 5.75 Å². The Bertz CT molecular complexity index is 305. The average molecular weight is 244 g/mol. The fourth-order valence-corrected chi connectivity index (χ4v) is 2.32. The molecule has 0 spiro atoms. The predicted molar refractivity (Wildman–Crippen MR) is 65.2 cm³/mol. The second-order valence-corrected chi connectivity index (χ2v) is 5.28. The highest BCUT2D eigenvalue weighted by Gasteiger charge is 2.05. The van der Waals surface area contributed by atoms with Crippen LogP contribution in [-0.2, 0) is 6.54 Å². The van der Waals surface area contributed by atoms with Gasteiger partial charge in [0, 0.05) is 16.7 Å². The van der Waals surface area contributed by atoms with Crippen molar-refractivity contribution in [2.75, 3.05) is 5.75 Å². The van der Waals surface area contributed by atoms with E-state index in [-0.39, 0.29) is 5.75 Å². The van der Waals surface area contributed by atoms with Crippen molar-refractivity contribution in [3.05, 3.63) is 34.7 Å². The Labute approximate surface area is 96.5 Å². The van der Waals surface area contributed by atoms with Crippen molar-refractivity contribution < 1.29 is 5.11 Å². The summed E-state index contributed by atoms with van der Waals surface area (Å²) in [5.74, 6) is 1.15. The Morgan fingerprint density at radius 2 is 2.07 bits per heavy atom. The molecule has 82 valence electrons. The van der Waals surface area contributed by atoms with Crippen molar-refractivity contribution in [3.8, 4) is 5.75 Å². The molecule has 6 heteroatoms. The number of phenolic OH excluding ortho intramolecular Hbond substituents is 1. The highest BCUT2D eigenvalue weighted by atomic mass is 33.1. The van der Waals surface area contributed by atoms with Gasteiger partial charge in [-0.2, -0.15) is 4.41 Å². The third-order valence-electron chi connectivity index (χ3n) is 1.60. The van der Waals surface area contributed by atoms with Crippen LogP contribution in [0.15, 0.2) is 29.6 Å². The van der Waals surface area contributed by atoms with Crippen LogP contribution in [-0.4, -0.2) is 15.3 Å². The van der Waals surface area contributed by atoms with E-state index in [4.69, 9.17) is 5.11 Å². The molecular formula is C9H12N2O2S2. The molecule has 0 heterocycles. The lowest BCUT2D eigenvalue weighted by molar-refractivity contribution is 0.472. The average Bonchev–Trinajstić information content (AvgIpc) is 2.27. The maximum atomic E-state index is 10.5. The first-order valence-electron chi connectivity index (χ1n) is 4.44. The Morgan fingerprint density at radius 3 is 2.60 bits per heavy atom. The fraction of sp³-hybridized carbons (Fsp3) is 0.333. The number of nitroso groups, excluding NO2 is 1. The summed E-state index contributed by atoms with van der Waals surface area (Å²) in [6, 6.07) is 6.72. The summed E-state index contributed by atoms with van der Waals surface area (Å²) in [7, 11) is 2.89. The highest BCUT2D eigenvalue weighted by Crippen LogP contribution is 2.27. The minimum absolute atomic E-state index is 0.222. The molecule has 1 aromatic carbocycles. The van der Waals surface area contributed by atoms with Crippen LogP contribution in [0, 0.1) is 4.91 Å². The molecule has 0 aliphatic rings. The van der Waals surface area contributed by atoms with Gasteiger partial charge in [0.1, 0.15) is 5.75 Å². The van der Waals surface area contributed by atoms with E-state index in [0.717, 1.165) is 11.3 Å². The van der Waals surface area contributed by atoms with E-state index < -0.39 is 0 Å². The molecule has 1 N–H and O–H groups in total. The molecular weight excluding hydrogens is 232 g/mol. The number of rotatable bonds is 6. The fourth-order valence-electron chi connectivity index (χ4n) is 0.940. The van der Waals surface area contributed by atoms with Crippen LogP contribution >= 0.6 is 21.8 Å². The van der Waals surface area contributed by atoms with Gasteiger partial charge in [-0.05, 0) is 17.7 Å². The van der Waals surface area contributed by atoms with Gasteiger partial charge < -0.3 is 5.11 Å². The van der Waals surface area contributed by atoms with E-state index in [9.17, 15) is 4.91 Å². The summed E-state index contributed by atoms with van der Waals surface area (Å²) in [6.07, 6.45) is 0. The van der Waals surface area contributed by atoms with E-state index in [1.54, 1.807) is 35.1 Å². The smallest absolute Gasteiger partial charge is 0.115 e. The number of benzene rings is 1. The standard InChI is InChI=1S/C9H12N2O2S2/c1-2-14-15-11(10-13)7-8-3-5-9(12)6-4-8/h3-6,12H,2,7H2,1H3. The van der Waals surface area contributed by atoms with E-state index in [0.29, 0.717) is 6.54 Å². The van der Waals surface area contributed by atoms with Crippen LogP contribution in [0.4, 0.5) is 0 Å². The van der Waals surface area contributed by atoms with Gasteiger partial charge in [0.2, 0.25) is 0 Å². The second kappa shape index (κ2) is 6.58. The molecule has 0 aliphatic carbocycles. The molecule has 4 nitrogen and oxygen atoms in total. The predicted octanol–water partition coefficient (Wildman–Crippen LogP) is 3.19. The SMILES string of the molecule is CCSSN(Cc1ccc(O)cc1)N=O. The van der Waals surface area contributed by atoms with Gasteiger partial charge >= 0.3 is 0 Å². The Balaban J connectivity index is 2.50. The zero-order valence-corrected chi connectivity index (χ0v) is 9.92. The summed E-state index contributed by atoms with van der Waals surface area (Å²) in [5, 5.41) is 12.0. The third-order valence-corrected chi connectivity index (χ3v) is 3.85. The van der Waals surface area contributed by atoms with Gasteiger partial charge in [-0.1, -0.05) is 29.9 Å². The number of nitrogens with zero attached hydrogens (tertiary/aromatic N) is 2. The highest BCUT2D eigenvalue weighted by molar-refractivity contribution is 8.75. The van der Waals surface area contributed by atoms with Crippen molar-refractivity contribution in [2.24, 2.45) is 5.29 Å². The van der Waals surface area contributed by atoms with Crippen molar-refractivity contribution in [2.45, 2.75) is 13.5 Å². The molecule has 0 atom stereocenters. The minimum atomic E-state index is 0.222. The van der Waals surface area contributed by atoms with Gasteiger partial charge in [0.05, 0.1) is 11.8 Å². The monoisotopic (exact) mass is 244 g/mol. The first kappa shape index (κ1) is 12.2. The van der Waals surface area contributed by atoms with Crippen LogP contribution in [0.25, 0.3) is 0 Å². The number of aromatic hydroxyl groups is 1. The van der Waals surface area contributed by atoms with E-state index >= 15 is 0 Å². The first-order chi connectivity index (χ1) is 7.26. The summed E-state index contributed by atoms with van der Waals surface area (Å²) in [5.41, 5.74) is 0.941. The molecule has 0 saturated carbocycles. The van der Waals surface area contributed by atoms with Gasteiger partial charge in [-0.15, -0.1) is 4.91 Å². The molecule has 0 unspecified atom stereocenters. The van der Waals surface area contributed by atoms with Crippen LogP contribution in [0.1, 0.15) is 12.5 Å². The summed E-state index contributed by atoms with van der Waals surface area (Å²) in [6.45, 7) is 2.46. The Morgan fingerprint density at radius 1 is 1.40 bits per heavy atom. The second-order valence-electron chi connectivity index (χ2n) is 2.74. The lowest BCUT2D eigenvalue weighted by atomic mass is 10.2. The van der Waals surface area contributed by atoms with E-state index in [1.807, 2.05) is 6.92 Å². The van der Waals surface area contributed by atoms with Gasteiger partial charge in [-0.3, -0.25) is 0 Å². The Kier molecular flexibility index (Phi) is 5.34. The molecule has 0 saturated heterocycles. The molecule has 0 radical (unpaired) electrons. The third kappa shape index (κ3) is 4.44. The number of hydrogen-bond donors (Lipinski definition) is 1. The zero-order chi connectivity index (χ0) is 11.1. The topological polar surface area (TPSA) is 52.9 Å². The summed E-state index contributed by atoms with van der Waals surface area (Å²) < 4.78 is 1.38. The largest absolute Gasteiger partial charge is 0.508 e. The zero-order valence-electron chi connectivity index (χ0n) is 8.29. The van der Waals surface area contributed by atoms with Gasteiger partial charge in [0.25, 0.3) is 0 Å². The molecule has 15 heavy (non-hydrogen) atoms. The normalized spacial score (nSPS) is 9.93. The van der Waals surface area contributed by atoms with E-state index in [2.05, 4.69) is 5.29 Å². The van der Waals surface area contributed by atoms with Crippen LogP contribution in [0.3, 0.4) is 0 Å². The molecule has 0 bridgehead atoms. The maximum Gasteiger partial charge on any atom is 0.115 e. The molecule has 1 aromatic rings. The molecule has 0 fully saturated rings. The van der Waals surface area contributed by atoms with Crippen molar-refractivity contribution in [1.82, 2.24) is 4.41 Å². The van der Waals surface area contributed by atoms with Crippen LogP contribution in [0.2, 0.25) is 0 Å². The molecule has 1 rings (SSSR count). The van der Waals surface area contributed by atoms with Crippen molar-refractivity contribution in [1.29, 1.82) is 0 Å². The molecule has 0 aliphatic heterocycles. The minimum Gasteiger partial charge on any atom is -0.508 e. The van der Waals surface area contributed by atoms with E-state index in [1.165, 1.54) is 15.4 Å². The number of hydrogen-bond acceptors (Lipinski definition) is 5. The first-order valence-corrected chi connectivity index (χ1v) is 6.72. The molecule has 0 aromatic heterocycles. The van der Waals surface area contributed by atoms with Crippen molar-refractivity contribution >= 4 is 21.8 Å². The van der Waals surface area contributed by atoms with Crippen LogP contribution < -0.4 is 0 Å². The summed E-state index contributed by atoms with van der Waals surface area (Å²) >= 11 is 0. The lowest BCUT2D eigenvalue weighted by Crippen LogP contribution is -2.05. The number of phenols is 1. The quantitative estimate of drug-likeness (QED) is 0.360. The maximum absolute atomic E-state index is 10.5. The molecule has 0 amide bonds. The van der Waals surface area contributed by atoms with Gasteiger partial charge in [-0.25, -0.2) is 0 Å². The van der Waals surface area contributed by atoms with Crippen molar-refractivity contribution in [3.63, 3.8) is 0 Å². The summed E-state index contributed by atoms with van der Waals surface area (Å²) in [4.78, 5) is 10.5. The lowest BCUT2D eigenvalue weighted by Gasteiger charge is -2.12. The van der Waals surface area contributed by atoms with Gasteiger partial charge in [0.15, 0.2) is 0 Å².